The van der Waals surface area contributed by atoms with Gasteiger partial charge < -0.3 is 37.9 Å². The van der Waals surface area contributed by atoms with Gasteiger partial charge in [-0.1, -0.05) is 62.4 Å². The van der Waals surface area contributed by atoms with Crippen molar-refractivity contribution in [3.63, 3.8) is 0 Å². The van der Waals surface area contributed by atoms with Gasteiger partial charge in [0.2, 0.25) is 0 Å². The maximum absolute atomic E-state index is 15.6. The molecule has 0 unspecified atom stereocenters. The summed E-state index contributed by atoms with van der Waals surface area (Å²) >= 11 is 0. The number of esters is 2. The normalized spacial score (nSPS) is 17.1. The number of methoxy groups -OCH3 is 6. The van der Waals surface area contributed by atoms with E-state index in [4.69, 9.17) is 37.9 Å². The smallest absolute Gasteiger partial charge is 0.306 e. The summed E-state index contributed by atoms with van der Waals surface area (Å²) < 4.78 is 106. The average Bonchev–Trinajstić information content (AvgIpc) is 4.33. The molecule has 4 saturated carbocycles. The summed E-state index contributed by atoms with van der Waals surface area (Å²) in [5.74, 6) is -0.820. The Kier molecular flexibility index (Phi) is 17.9. The Balaban J connectivity index is 0.000000194. The highest BCUT2D eigenvalue weighted by molar-refractivity contribution is 5.73. The third kappa shape index (κ3) is 13.1. The lowest BCUT2D eigenvalue weighted by Crippen LogP contribution is -2.15. The third-order valence-corrected chi connectivity index (χ3v) is 16.7. The number of carbonyl (C=O) groups excluding carboxylic acids is 2. The van der Waals surface area contributed by atoms with E-state index in [0.29, 0.717) is 33.8 Å². The summed E-state index contributed by atoms with van der Waals surface area (Å²) in [4.78, 5) is 24.0. The molecule has 0 aromatic heterocycles. The predicted molar refractivity (Wildman–Crippen MR) is 297 cm³/mol. The molecule has 0 heterocycles. The highest BCUT2D eigenvalue weighted by Gasteiger charge is 2.48. The topological polar surface area (TPSA) is 108 Å². The van der Waals surface area contributed by atoms with Crippen LogP contribution in [0.3, 0.4) is 0 Å². The number of rotatable bonds is 24. The van der Waals surface area contributed by atoms with Gasteiger partial charge in [0.1, 0.15) is 36.3 Å². The molecule has 6 aromatic carbocycles. The van der Waals surface area contributed by atoms with Gasteiger partial charge in [-0.25, -0.2) is 17.6 Å². The number of hydrogen-bond acceptors (Lipinski definition) is 10. The molecule has 80 heavy (non-hydrogen) atoms. The van der Waals surface area contributed by atoms with Crippen molar-refractivity contribution in [2.45, 2.75) is 115 Å². The summed E-state index contributed by atoms with van der Waals surface area (Å²) in [6.45, 7) is 4.57. The lowest BCUT2D eigenvalue weighted by molar-refractivity contribution is -0.142. The SMILES string of the molecule is COC(=O)C[C@@H](c1cccc(OCc2ccc(-c3cc(OC)ccc3F)c([C@@H](OC)C3(C)CC3)c2)c1F)C1CC1.COC(=O)C[C@@H](c1cccc(OCc2ccc(-c3cc(OC)ccc3F)c([C@H](OC)C3(C)CC3)c2)c1F)C1CC1. The zero-order valence-corrected chi connectivity index (χ0v) is 46.9. The van der Waals surface area contributed by atoms with Crippen LogP contribution in [0.5, 0.6) is 23.0 Å². The molecule has 0 spiro atoms. The number of carbonyl (C=O) groups is 2. The lowest BCUT2D eigenvalue weighted by atomic mass is 9.87. The van der Waals surface area contributed by atoms with Gasteiger partial charge in [-0.3, -0.25) is 9.59 Å². The van der Waals surface area contributed by atoms with Crippen molar-refractivity contribution in [3.8, 4) is 45.3 Å². The van der Waals surface area contributed by atoms with E-state index >= 15 is 17.6 Å². The van der Waals surface area contributed by atoms with E-state index in [2.05, 4.69) is 13.8 Å². The van der Waals surface area contributed by atoms with Crippen LogP contribution in [-0.2, 0) is 41.8 Å². The van der Waals surface area contributed by atoms with E-state index in [1.54, 1.807) is 89.1 Å². The molecule has 4 aliphatic carbocycles. The number of hydrogen-bond donors (Lipinski definition) is 0. The Morgan fingerprint density at radius 3 is 1.20 bits per heavy atom. The number of halogens is 4. The fraction of sp³-hybridized carbons (Fsp3) is 0.424. The average molecular weight is 1100 g/mol. The van der Waals surface area contributed by atoms with Crippen LogP contribution in [-0.4, -0.2) is 54.6 Å². The Bertz CT molecular complexity index is 2970. The van der Waals surface area contributed by atoms with Gasteiger partial charge in [0, 0.05) is 37.2 Å². The minimum atomic E-state index is -0.446. The molecule has 0 saturated heterocycles. The first kappa shape index (κ1) is 57.8. The standard InChI is InChI=1S/2C33H36F2O5/c2*1-33(14-15-33)32(39-4)27-16-20(8-12-23(27)26-17-22(37-2)11-13-28(26)34)19-40-29-7-5-6-24(31(29)35)25(21-9-10-21)18-30(36)38-3/h2*5-8,11-13,16-17,21,25,32H,9-10,14-15,18-19H2,1-4H3/t25-,32+;25-,32-/m11/s1. The fourth-order valence-electron chi connectivity index (χ4n) is 11.3. The monoisotopic (exact) mass is 1100 g/mol. The van der Waals surface area contributed by atoms with Crippen LogP contribution >= 0.6 is 0 Å². The van der Waals surface area contributed by atoms with E-state index in [9.17, 15) is 9.59 Å². The minimum absolute atomic E-state index is 0.0454. The minimum Gasteiger partial charge on any atom is -0.497 e. The molecule has 6 aromatic rings. The van der Waals surface area contributed by atoms with E-state index in [1.807, 2.05) is 36.4 Å². The lowest BCUT2D eigenvalue weighted by Gasteiger charge is -2.26. The zero-order valence-electron chi connectivity index (χ0n) is 46.9. The van der Waals surface area contributed by atoms with Crippen molar-refractivity contribution >= 4 is 11.9 Å². The largest absolute Gasteiger partial charge is 0.497 e. The van der Waals surface area contributed by atoms with Crippen LogP contribution in [0.15, 0.2) is 109 Å². The summed E-state index contributed by atoms with van der Waals surface area (Å²) in [5, 5.41) is 0. The van der Waals surface area contributed by atoms with Gasteiger partial charge in [0.25, 0.3) is 0 Å². The molecule has 0 amide bonds. The van der Waals surface area contributed by atoms with Gasteiger partial charge in [-0.15, -0.1) is 0 Å². The van der Waals surface area contributed by atoms with Crippen molar-refractivity contribution in [1.29, 1.82) is 0 Å². The third-order valence-electron chi connectivity index (χ3n) is 16.7. The first-order valence-corrected chi connectivity index (χ1v) is 27.5. The maximum atomic E-state index is 15.6. The van der Waals surface area contributed by atoms with Crippen molar-refractivity contribution in [1.82, 2.24) is 0 Å². The van der Waals surface area contributed by atoms with Crippen LogP contribution < -0.4 is 18.9 Å². The van der Waals surface area contributed by atoms with Crippen LogP contribution in [0, 0.1) is 45.9 Å². The molecule has 14 heteroatoms. The van der Waals surface area contributed by atoms with Gasteiger partial charge in [-0.05, 0) is 179 Å². The molecule has 10 nitrogen and oxygen atoms in total. The first-order valence-electron chi connectivity index (χ1n) is 27.5. The van der Waals surface area contributed by atoms with Crippen LogP contribution in [0.4, 0.5) is 17.6 Å². The Morgan fingerprint density at radius 2 is 0.875 bits per heavy atom. The maximum Gasteiger partial charge on any atom is 0.306 e. The Morgan fingerprint density at radius 1 is 0.487 bits per heavy atom. The van der Waals surface area contributed by atoms with Crippen LogP contribution in [0.1, 0.15) is 135 Å². The molecular weight excluding hydrogens is 1030 g/mol. The highest BCUT2D eigenvalue weighted by atomic mass is 19.1. The van der Waals surface area contributed by atoms with Gasteiger partial charge in [0.05, 0.1) is 53.5 Å². The molecule has 424 valence electrons. The van der Waals surface area contributed by atoms with Crippen molar-refractivity contribution in [3.05, 3.63) is 166 Å². The second-order valence-corrected chi connectivity index (χ2v) is 22.4. The number of ether oxygens (including phenoxy) is 8. The zero-order chi connectivity index (χ0) is 56.9. The van der Waals surface area contributed by atoms with E-state index in [0.717, 1.165) is 84.7 Å². The second kappa shape index (κ2) is 24.9. The second-order valence-electron chi connectivity index (χ2n) is 22.4. The van der Waals surface area contributed by atoms with Gasteiger partial charge in [-0.2, -0.15) is 0 Å². The van der Waals surface area contributed by atoms with Gasteiger partial charge >= 0.3 is 11.9 Å². The van der Waals surface area contributed by atoms with Crippen molar-refractivity contribution in [2.24, 2.45) is 22.7 Å². The van der Waals surface area contributed by atoms with Gasteiger partial charge in [0.15, 0.2) is 23.1 Å². The highest BCUT2D eigenvalue weighted by Crippen LogP contribution is 2.59. The van der Waals surface area contributed by atoms with Crippen molar-refractivity contribution < 1.29 is 65.0 Å². The van der Waals surface area contributed by atoms with E-state index in [1.165, 1.54) is 26.4 Å². The quantitative estimate of drug-likeness (QED) is 0.0429. The molecule has 4 aliphatic rings. The molecule has 0 bridgehead atoms. The molecule has 0 radical (unpaired) electrons. The molecule has 4 fully saturated rings. The summed E-state index contributed by atoms with van der Waals surface area (Å²) in [5.41, 5.74) is 6.53. The Hall–Kier alpha value is -6.90. The molecule has 4 atom stereocenters. The summed E-state index contributed by atoms with van der Waals surface area (Å²) in [7, 11) is 9.16. The molecular formula is C66H72F4O10. The van der Waals surface area contributed by atoms with Crippen LogP contribution in [0.2, 0.25) is 0 Å². The molecule has 0 aliphatic heterocycles. The summed E-state index contributed by atoms with van der Waals surface area (Å²) in [6, 6.07) is 31.0. The Labute approximate surface area is 467 Å². The predicted octanol–water partition coefficient (Wildman–Crippen LogP) is 15.5. The van der Waals surface area contributed by atoms with Crippen molar-refractivity contribution in [2.75, 3.05) is 42.7 Å². The first-order chi connectivity index (χ1) is 38.5. The fourth-order valence-corrected chi connectivity index (χ4v) is 11.3. The molecule has 10 rings (SSSR count). The summed E-state index contributed by atoms with van der Waals surface area (Å²) in [6.07, 6.45) is 7.71. The van der Waals surface area contributed by atoms with E-state index in [-0.39, 0.29) is 108 Å². The molecule has 0 N–H and O–H groups in total. The van der Waals surface area contributed by atoms with E-state index < -0.39 is 11.6 Å². The number of benzene rings is 6. The van der Waals surface area contributed by atoms with Crippen LogP contribution in [0.25, 0.3) is 22.3 Å².